The minimum absolute atomic E-state index is 0.0716. The molecule has 1 N–H and O–H groups in total. The maximum atomic E-state index is 14.5. The van der Waals surface area contributed by atoms with E-state index >= 15 is 0 Å². The normalized spacial score (nSPS) is 14.1. The molecule has 1 aliphatic heterocycles. The Labute approximate surface area is 228 Å². The first-order chi connectivity index (χ1) is 18.8. The first-order valence-electron chi connectivity index (χ1n) is 12.4. The van der Waals surface area contributed by atoms with Crippen LogP contribution in [0.5, 0.6) is 11.6 Å². The van der Waals surface area contributed by atoms with Crippen LogP contribution >= 0.6 is 11.3 Å². The lowest BCUT2D eigenvalue weighted by Crippen LogP contribution is -2.39. The fourth-order valence-corrected chi connectivity index (χ4v) is 5.51. The van der Waals surface area contributed by atoms with Crippen LogP contribution in [0, 0.1) is 41.1 Å². The zero-order valence-electron chi connectivity index (χ0n) is 21.3. The van der Waals surface area contributed by atoms with Crippen molar-refractivity contribution in [1.29, 1.82) is 5.26 Å². The monoisotopic (exact) mass is 544 g/mol. The third-order valence-corrected chi connectivity index (χ3v) is 7.44. The van der Waals surface area contributed by atoms with Crippen molar-refractivity contribution in [2.24, 2.45) is 0 Å². The zero-order chi connectivity index (χ0) is 27.5. The summed E-state index contributed by atoms with van der Waals surface area (Å²) in [4.78, 5) is 22.4. The summed E-state index contributed by atoms with van der Waals surface area (Å²) in [6.45, 7) is 5.08. The molecule has 2 aromatic heterocycles. The SMILES string of the molecule is Cc1cc(/C=C/C#N)cc(C)c1Oc1nc(NC2CCN(c3ccc([N+](=O)[O-])cc3F)CC2)nc2sccc12. The van der Waals surface area contributed by atoms with E-state index in [2.05, 4.69) is 10.3 Å². The van der Waals surface area contributed by atoms with Crippen LogP contribution in [-0.2, 0) is 0 Å². The van der Waals surface area contributed by atoms with Gasteiger partial charge in [0, 0.05) is 31.3 Å². The van der Waals surface area contributed by atoms with Gasteiger partial charge in [0.2, 0.25) is 11.8 Å². The highest BCUT2D eigenvalue weighted by molar-refractivity contribution is 7.16. The molecule has 1 saturated heterocycles. The van der Waals surface area contributed by atoms with Gasteiger partial charge in [-0.3, -0.25) is 10.1 Å². The number of thiophene rings is 1. The van der Waals surface area contributed by atoms with Crippen molar-refractivity contribution in [3.63, 3.8) is 0 Å². The number of aryl methyl sites for hydroxylation is 2. The fourth-order valence-electron chi connectivity index (χ4n) is 4.75. The number of nitrogens with zero attached hydrogens (tertiary/aromatic N) is 5. The molecule has 0 aliphatic carbocycles. The highest BCUT2D eigenvalue weighted by atomic mass is 32.1. The molecule has 0 bridgehead atoms. The molecule has 11 heteroatoms. The van der Waals surface area contributed by atoms with Crippen molar-refractivity contribution in [2.45, 2.75) is 32.7 Å². The number of rotatable bonds is 7. The van der Waals surface area contributed by atoms with E-state index in [0.29, 0.717) is 49.2 Å². The third kappa shape index (κ3) is 5.66. The summed E-state index contributed by atoms with van der Waals surface area (Å²) in [7, 11) is 0. The van der Waals surface area contributed by atoms with Gasteiger partial charge in [0.1, 0.15) is 10.6 Å². The predicted molar refractivity (Wildman–Crippen MR) is 150 cm³/mol. The van der Waals surface area contributed by atoms with Gasteiger partial charge >= 0.3 is 0 Å². The minimum Gasteiger partial charge on any atom is -0.438 e. The van der Waals surface area contributed by atoms with E-state index in [4.69, 9.17) is 15.0 Å². The molecule has 0 unspecified atom stereocenters. The summed E-state index contributed by atoms with van der Waals surface area (Å²) in [6, 6.07) is 11.7. The molecule has 0 spiro atoms. The van der Waals surface area contributed by atoms with Crippen molar-refractivity contribution in [3.8, 4) is 17.7 Å². The number of fused-ring (bicyclic) bond motifs is 1. The molecule has 39 heavy (non-hydrogen) atoms. The topological polar surface area (TPSA) is 117 Å². The lowest BCUT2D eigenvalue weighted by Gasteiger charge is -2.34. The van der Waals surface area contributed by atoms with Crippen molar-refractivity contribution in [2.75, 3.05) is 23.3 Å². The summed E-state index contributed by atoms with van der Waals surface area (Å²) in [5, 5.41) is 25.9. The standard InChI is InChI=1S/C28H25FN6O3S/c1-17-14-19(4-3-10-30)15-18(2)25(17)38-26-22-9-13-39-27(22)33-28(32-26)31-20-7-11-34(12-8-20)24-6-5-21(35(36)37)16-23(24)29/h3-6,9,13-16,20H,7-8,11-12H2,1-2H3,(H,31,32,33)/b4-3+. The number of piperidine rings is 1. The number of hydrogen-bond donors (Lipinski definition) is 1. The number of halogens is 1. The van der Waals surface area contributed by atoms with Gasteiger partial charge < -0.3 is 15.0 Å². The van der Waals surface area contributed by atoms with Gasteiger partial charge in [-0.05, 0) is 79.1 Å². The number of nitro benzene ring substituents is 1. The first kappa shape index (κ1) is 26.1. The zero-order valence-corrected chi connectivity index (χ0v) is 22.2. The molecular formula is C28H25FN6O3S. The van der Waals surface area contributed by atoms with Crippen LogP contribution in [0.2, 0.25) is 0 Å². The van der Waals surface area contributed by atoms with Crippen LogP contribution in [0.25, 0.3) is 16.3 Å². The van der Waals surface area contributed by atoms with Crippen LogP contribution in [0.3, 0.4) is 0 Å². The molecule has 5 rings (SSSR count). The second kappa shape index (κ2) is 11.0. The Kier molecular flexibility index (Phi) is 7.38. The second-order valence-electron chi connectivity index (χ2n) is 9.34. The Morgan fingerprint density at radius 2 is 1.95 bits per heavy atom. The van der Waals surface area contributed by atoms with Crippen LogP contribution in [0.4, 0.5) is 21.7 Å². The lowest BCUT2D eigenvalue weighted by atomic mass is 10.0. The maximum Gasteiger partial charge on any atom is 0.272 e. The molecule has 1 aliphatic rings. The molecule has 0 saturated carbocycles. The van der Waals surface area contributed by atoms with Gasteiger partial charge in [-0.1, -0.05) is 0 Å². The van der Waals surface area contributed by atoms with Crippen molar-refractivity contribution in [1.82, 2.24) is 9.97 Å². The van der Waals surface area contributed by atoms with Gasteiger partial charge in [-0.15, -0.1) is 11.3 Å². The number of hydrogen-bond acceptors (Lipinski definition) is 9. The summed E-state index contributed by atoms with van der Waals surface area (Å²) in [5.41, 5.74) is 2.88. The molecular weight excluding hydrogens is 519 g/mol. The van der Waals surface area contributed by atoms with Crippen molar-refractivity contribution in [3.05, 3.63) is 80.5 Å². The molecule has 1 fully saturated rings. The van der Waals surface area contributed by atoms with Crippen LogP contribution in [-0.4, -0.2) is 34.0 Å². The average Bonchev–Trinajstić information content (AvgIpc) is 3.39. The summed E-state index contributed by atoms with van der Waals surface area (Å²) < 4.78 is 20.8. The van der Waals surface area contributed by atoms with Crippen molar-refractivity contribution >= 4 is 45.0 Å². The largest absolute Gasteiger partial charge is 0.438 e. The van der Waals surface area contributed by atoms with E-state index in [1.54, 1.807) is 6.08 Å². The van der Waals surface area contributed by atoms with Crippen molar-refractivity contribution < 1.29 is 14.1 Å². The van der Waals surface area contributed by atoms with E-state index in [0.717, 1.165) is 33.0 Å². The molecule has 2 aromatic carbocycles. The number of aromatic nitrogens is 2. The maximum absolute atomic E-state index is 14.5. The van der Waals surface area contributed by atoms with Crippen LogP contribution in [0.1, 0.15) is 29.5 Å². The van der Waals surface area contributed by atoms with Gasteiger partial charge in [0.25, 0.3) is 5.69 Å². The van der Waals surface area contributed by atoms with Gasteiger partial charge in [-0.25, -0.2) is 9.37 Å². The minimum atomic E-state index is -0.600. The predicted octanol–water partition coefficient (Wildman–Crippen LogP) is 6.77. The molecule has 0 amide bonds. The van der Waals surface area contributed by atoms with E-state index in [1.807, 2.05) is 48.4 Å². The van der Waals surface area contributed by atoms with Gasteiger partial charge in [0.05, 0.1) is 28.1 Å². The number of anilines is 2. The number of nitrogens with one attached hydrogen (secondary N) is 1. The number of ether oxygens (including phenoxy) is 1. The number of benzene rings is 2. The Morgan fingerprint density at radius 3 is 2.62 bits per heavy atom. The van der Waals surface area contributed by atoms with Gasteiger partial charge in [-0.2, -0.15) is 10.2 Å². The van der Waals surface area contributed by atoms with E-state index in [1.165, 1.54) is 29.5 Å². The number of non-ortho nitro benzene ring substituents is 1. The molecule has 198 valence electrons. The lowest BCUT2D eigenvalue weighted by molar-refractivity contribution is -0.385. The molecule has 3 heterocycles. The summed E-state index contributed by atoms with van der Waals surface area (Å²) in [5.74, 6) is 1.03. The summed E-state index contributed by atoms with van der Waals surface area (Å²) in [6.07, 6.45) is 4.64. The molecule has 0 radical (unpaired) electrons. The quantitative estimate of drug-likeness (QED) is 0.154. The fraction of sp³-hybridized carbons (Fsp3) is 0.250. The molecule has 0 atom stereocenters. The Bertz CT molecular complexity index is 1600. The van der Waals surface area contributed by atoms with E-state index < -0.39 is 10.7 Å². The average molecular weight is 545 g/mol. The second-order valence-corrected chi connectivity index (χ2v) is 10.2. The third-order valence-electron chi connectivity index (χ3n) is 6.63. The van der Waals surface area contributed by atoms with Crippen LogP contribution in [0.15, 0.2) is 47.9 Å². The van der Waals surface area contributed by atoms with Gasteiger partial charge in [0.15, 0.2) is 5.82 Å². The highest BCUT2D eigenvalue weighted by Gasteiger charge is 2.24. The first-order valence-corrected chi connectivity index (χ1v) is 13.3. The van der Waals surface area contributed by atoms with E-state index in [-0.39, 0.29) is 11.7 Å². The smallest absolute Gasteiger partial charge is 0.272 e. The summed E-state index contributed by atoms with van der Waals surface area (Å²) >= 11 is 1.50. The molecule has 4 aromatic rings. The Hall–Kier alpha value is -4.56. The Morgan fingerprint density at radius 1 is 1.21 bits per heavy atom. The number of nitriles is 1. The Balaban J connectivity index is 1.31. The van der Waals surface area contributed by atoms with Crippen LogP contribution < -0.4 is 15.0 Å². The number of nitro groups is 1. The number of allylic oxidation sites excluding steroid dienone is 1. The van der Waals surface area contributed by atoms with E-state index in [9.17, 15) is 14.5 Å². The highest BCUT2D eigenvalue weighted by Crippen LogP contribution is 2.35. The molecule has 9 nitrogen and oxygen atoms in total.